The van der Waals surface area contributed by atoms with Crippen LogP contribution in [0.5, 0.6) is 0 Å². The van der Waals surface area contributed by atoms with Gasteiger partial charge in [-0.2, -0.15) is 5.26 Å². The molecule has 2 N–H and O–H groups in total. The van der Waals surface area contributed by atoms with Gasteiger partial charge in [0.25, 0.3) is 5.91 Å². The van der Waals surface area contributed by atoms with E-state index >= 15 is 0 Å². The van der Waals surface area contributed by atoms with Crippen LogP contribution in [0.15, 0.2) is 29.2 Å². The first kappa shape index (κ1) is 18.9. The maximum Gasteiger partial charge on any atom is 0.338 e. The fourth-order valence-corrected chi connectivity index (χ4v) is 3.35. The summed E-state index contributed by atoms with van der Waals surface area (Å²) in [5.41, 5.74) is 0.160. The van der Waals surface area contributed by atoms with Gasteiger partial charge in [-0.3, -0.25) is 4.79 Å². The van der Waals surface area contributed by atoms with Gasteiger partial charge in [0.15, 0.2) is 6.10 Å². The molecule has 0 spiro atoms. The standard InChI is InChI=1S/C16H19N3O5S/c17-9-3-11-19-25(22,23)13-7-5-12(6-8-13)16(21)24-14-4-1-2-10-18-15(14)20/h5-8,14,19H,1-4,10-11H2,(H,18,20). The van der Waals surface area contributed by atoms with Crippen molar-refractivity contribution in [3.63, 3.8) is 0 Å². The molecular formula is C16H19N3O5S. The number of sulfonamides is 1. The van der Waals surface area contributed by atoms with Crippen molar-refractivity contribution in [2.75, 3.05) is 13.1 Å². The fraction of sp³-hybridized carbons (Fsp3) is 0.438. The number of amides is 1. The lowest BCUT2D eigenvalue weighted by molar-refractivity contribution is -0.129. The second-order valence-electron chi connectivity index (χ2n) is 5.51. The molecule has 0 aliphatic carbocycles. The molecular weight excluding hydrogens is 346 g/mol. The van der Waals surface area contributed by atoms with Crippen LogP contribution in [0.4, 0.5) is 0 Å². The molecule has 1 aromatic carbocycles. The van der Waals surface area contributed by atoms with Crippen LogP contribution in [0.3, 0.4) is 0 Å². The number of nitriles is 1. The molecule has 25 heavy (non-hydrogen) atoms. The van der Waals surface area contributed by atoms with E-state index in [1.54, 1.807) is 0 Å². The predicted octanol–water partition coefficient (Wildman–Crippen LogP) is 0.704. The van der Waals surface area contributed by atoms with Crippen molar-refractivity contribution in [2.45, 2.75) is 36.7 Å². The number of nitrogens with one attached hydrogen (secondary N) is 2. The molecule has 1 aliphatic heterocycles. The molecule has 0 radical (unpaired) electrons. The van der Waals surface area contributed by atoms with Crippen LogP contribution in [-0.2, 0) is 19.6 Å². The SMILES string of the molecule is N#CCCNS(=O)(=O)c1ccc(C(=O)OC2CCCCNC2=O)cc1. The van der Waals surface area contributed by atoms with E-state index in [1.807, 2.05) is 6.07 Å². The Balaban J connectivity index is 2.02. The van der Waals surface area contributed by atoms with Gasteiger partial charge < -0.3 is 10.1 Å². The van der Waals surface area contributed by atoms with Crippen LogP contribution in [0.1, 0.15) is 36.0 Å². The van der Waals surface area contributed by atoms with Gasteiger partial charge in [-0.15, -0.1) is 0 Å². The number of rotatable bonds is 6. The first-order valence-corrected chi connectivity index (χ1v) is 9.38. The number of benzene rings is 1. The molecule has 0 bridgehead atoms. The molecule has 0 saturated carbocycles. The van der Waals surface area contributed by atoms with Gasteiger partial charge in [0.2, 0.25) is 10.0 Å². The van der Waals surface area contributed by atoms with Gasteiger partial charge in [-0.1, -0.05) is 0 Å². The summed E-state index contributed by atoms with van der Waals surface area (Å²) in [5.74, 6) is -0.991. The molecule has 1 atom stereocenters. The Bertz CT molecular complexity index is 768. The van der Waals surface area contributed by atoms with Crippen molar-refractivity contribution < 1.29 is 22.7 Å². The summed E-state index contributed by atoms with van der Waals surface area (Å²) in [6, 6.07) is 7.05. The highest BCUT2D eigenvalue weighted by Gasteiger charge is 2.25. The molecule has 1 fully saturated rings. The Morgan fingerprint density at radius 3 is 2.72 bits per heavy atom. The van der Waals surface area contributed by atoms with E-state index in [0.29, 0.717) is 13.0 Å². The van der Waals surface area contributed by atoms with Crippen molar-refractivity contribution in [3.8, 4) is 6.07 Å². The van der Waals surface area contributed by atoms with Crippen molar-refractivity contribution in [1.29, 1.82) is 5.26 Å². The minimum atomic E-state index is -3.73. The van der Waals surface area contributed by atoms with E-state index in [9.17, 15) is 18.0 Å². The summed E-state index contributed by atoms with van der Waals surface area (Å²) in [6.45, 7) is 0.581. The Hall–Kier alpha value is -2.44. The highest BCUT2D eigenvalue weighted by Crippen LogP contribution is 2.15. The van der Waals surface area contributed by atoms with Crippen LogP contribution in [-0.4, -0.2) is 39.5 Å². The maximum atomic E-state index is 12.1. The molecule has 1 unspecified atom stereocenters. The first-order chi connectivity index (χ1) is 11.9. The van der Waals surface area contributed by atoms with Crippen molar-refractivity contribution in [3.05, 3.63) is 29.8 Å². The van der Waals surface area contributed by atoms with E-state index in [0.717, 1.165) is 12.8 Å². The largest absolute Gasteiger partial charge is 0.449 e. The van der Waals surface area contributed by atoms with Gasteiger partial charge >= 0.3 is 5.97 Å². The van der Waals surface area contributed by atoms with Gasteiger partial charge in [-0.25, -0.2) is 17.9 Å². The lowest BCUT2D eigenvalue weighted by Crippen LogP contribution is -2.36. The molecule has 1 amide bonds. The van der Waals surface area contributed by atoms with Gasteiger partial charge in [-0.05, 0) is 43.5 Å². The van der Waals surface area contributed by atoms with Crippen molar-refractivity contribution in [1.82, 2.24) is 10.0 Å². The highest BCUT2D eigenvalue weighted by molar-refractivity contribution is 7.89. The van der Waals surface area contributed by atoms with Crippen LogP contribution < -0.4 is 10.0 Å². The van der Waals surface area contributed by atoms with Crippen LogP contribution >= 0.6 is 0 Å². The topological polar surface area (TPSA) is 125 Å². The minimum absolute atomic E-state index is 0.0133. The van der Waals surface area contributed by atoms with Crippen molar-refractivity contribution >= 4 is 21.9 Å². The zero-order valence-electron chi connectivity index (χ0n) is 13.5. The number of nitrogens with zero attached hydrogens (tertiary/aromatic N) is 1. The minimum Gasteiger partial charge on any atom is -0.449 e. The van der Waals surface area contributed by atoms with Crippen molar-refractivity contribution in [2.24, 2.45) is 0 Å². The van der Waals surface area contributed by atoms with Gasteiger partial charge in [0.1, 0.15) is 0 Å². The zero-order valence-corrected chi connectivity index (χ0v) is 14.3. The molecule has 1 aliphatic rings. The molecule has 0 aromatic heterocycles. The van der Waals surface area contributed by atoms with E-state index in [4.69, 9.17) is 10.00 Å². The summed E-state index contributed by atoms with van der Waals surface area (Å²) >= 11 is 0. The normalized spacial score (nSPS) is 17.9. The molecule has 1 heterocycles. The fourth-order valence-electron chi connectivity index (χ4n) is 2.32. The summed E-state index contributed by atoms with van der Waals surface area (Å²) in [5, 5.41) is 11.1. The third kappa shape index (κ3) is 5.27. The number of esters is 1. The Morgan fingerprint density at radius 1 is 1.32 bits per heavy atom. The third-order valence-corrected chi connectivity index (χ3v) is 5.14. The first-order valence-electron chi connectivity index (χ1n) is 7.89. The van der Waals surface area contributed by atoms with Crippen LogP contribution in [0, 0.1) is 11.3 Å². The molecule has 8 nitrogen and oxygen atoms in total. The highest BCUT2D eigenvalue weighted by atomic mass is 32.2. The number of carbonyl (C=O) groups excluding carboxylic acids is 2. The number of hydrogen-bond donors (Lipinski definition) is 2. The lowest BCUT2D eigenvalue weighted by Gasteiger charge is -2.14. The smallest absolute Gasteiger partial charge is 0.338 e. The average molecular weight is 365 g/mol. The molecule has 1 aromatic rings. The Morgan fingerprint density at radius 2 is 2.04 bits per heavy atom. The van der Waals surface area contributed by atoms with E-state index in [1.165, 1.54) is 24.3 Å². The Labute approximate surface area is 146 Å². The molecule has 9 heteroatoms. The zero-order chi connectivity index (χ0) is 18.3. The van der Waals surface area contributed by atoms with Gasteiger partial charge in [0.05, 0.1) is 16.5 Å². The average Bonchev–Trinajstić information content (AvgIpc) is 2.80. The van der Waals surface area contributed by atoms with E-state index < -0.39 is 22.1 Å². The maximum absolute atomic E-state index is 12.1. The quantitative estimate of drug-likeness (QED) is 0.565. The summed E-state index contributed by atoms with van der Waals surface area (Å²) in [4.78, 5) is 23.9. The van der Waals surface area contributed by atoms with Crippen LogP contribution in [0.25, 0.3) is 0 Å². The number of hydrogen-bond acceptors (Lipinski definition) is 6. The summed E-state index contributed by atoms with van der Waals surface area (Å²) < 4.78 is 31.5. The summed E-state index contributed by atoms with van der Waals surface area (Å²) in [7, 11) is -3.73. The third-order valence-electron chi connectivity index (χ3n) is 3.66. The predicted molar refractivity (Wildman–Crippen MR) is 87.9 cm³/mol. The molecule has 1 saturated heterocycles. The lowest BCUT2D eigenvalue weighted by atomic mass is 10.1. The summed E-state index contributed by atoms with van der Waals surface area (Å²) in [6.07, 6.45) is 1.32. The number of carbonyl (C=O) groups is 2. The molecule has 2 rings (SSSR count). The van der Waals surface area contributed by atoms with E-state index in [2.05, 4.69) is 10.0 Å². The second-order valence-corrected chi connectivity index (χ2v) is 7.28. The Kier molecular flexibility index (Phi) is 6.50. The van der Waals surface area contributed by atoms with E-state index in [-0.39, 0.29) is 29.3 Å². The van der Waals surface area contributed by atoms with Crippen LogP contribution in [0.2, 0.25) is 0 Å². The van der Waals surface area contributed by atoms with Gasteiger partial charge in [0, 0.05) is 19.5 Å². The number of ether oxygens (including phenoxy) is 1. The second kappa shape index (κ2) is 8.60. The molecule has 134 valence electrons. The monoisotopic (exact) mass is 365 g/mol.